The molecule has 172 valence electrons. The number of nitrogens with one attached hydrogen (secondary N) is 1. The number of halogens is 1. The van der Waals surface area contributed by atoms with Crippen LogP contribution in [-0.2, 0) is 16.2 Å². The molecule has 3 aromatic carbocycles. The molecule has 1 aliphatic rings. The minimum absolute atomic E-state index is 0.108. The van der Waals surface area contributed by atoms with Crippen LogP contribution in [0.2, 0.25) is 0 Å². The highest BCUT2D eigenvalue weighted by Gasteiger charge is 2.37. The first-order valence-corrected chi connectivity index (χ1v) is 11.8. The highest BCUT2D eigenvalue weighted by Crippen LogP contribution is 2.27. The fraction of sp³-hybridized carbons (Fsp3) is 0.148. The first kappa shape index (κ1) is 23.7. The summed E-state index contributed by atoms with van der Waals surface area (Å²) in [5.74, 6) is -0.673. The molecule has 6 nitrogen and oxygen atoms in total. The monoisotopic (exact) mass is 566 g/mol. The number of imide groups is 2. The van der Waals surface area contributed by atoms with Gasteiger partial charge in [-0.25, -0.2) is 9.69 Å². The van der Waals surface area contributed by atoms with Gasteiger partial charge in [0.05, 0.1) is 9.26 Å². The number of amides is 4. The molecule has 1 saturated heterocycles. The number of barbiturate groups is 1. The van der Waals surface area contributed by atoms with Gasteiger partial charge < -0.3 is 4.74 Å². The number of hydrogen-bond donors (Lipinski definition) is 1. The van der Waals surface area contributed by atoms with Gasteiger partial charge in [-0.15, -0.1) is 0 Å². The molecule has 7 heteroatoms. The van der Waals surface area contributed by atoms with Gasteiger partial charge in [0.25, 0.3) is 11.8 Å². The van der Waals surface area contributed by atoms with Crippen LogP contribution in [0.4, 0.5) is 10.5 Å². The van der Waals surface area contributed by atoms with E-state index in [1.54, 1.807) is 24.3 Å². The van der Waals surface area contributed by atoms with Crippen molar-refractivity contribution in [2.75, 3.05) is 4.90 Å². The number of anilines is 1. The Morgan fingerprint density at radius 3 is 2.21 bits per heavy atom. The topological polar surface area (TPSA) is 75.7 Å². The van der Waals surface area contributed by atoms with Gasteiger partial charge in [-0.2, -0.15) is 0 Å². The van der Waals surface area contributed by atoms with E-state index in [0.29, 0.717) is 23.6 Å². The molecule has 1 aliphatic heterocycles. The van der Waals surface area contributed by atoms with Crippen LogP contribution in [0.1, 0.15) is 27.8 Å². The SMILES string of the molecule is Cc1ccc(COc2ccc(/C=C3\C(=O)NC(=O)N(c4cc(C)cc(C)c4)C3=O)cc2I)cc1. The molecular formula is C27H23IN2O4. The summed E-state index contributed by atoms with van der Waals surface area (Å²) in [7, 11) is 0. The molecule has 0 unspecified atom stereocenters. The predicted octanol–water partition coefficient (Wildman–Crippen LogP) is 5.46. The molecule has 0 atom stereocenters. The molecule has 0 radical (unpaired) electrons. The highest BCUT2D eigenvalue weighted by molar-refractivity contribution is 14.1. The second-order valence-electron chi connectivity index (χ2n) is 8.27. The van der Waals surface area contributed by atoms with Crippen molar-refractivity contribution in [2.45, 2.75) is 27.4 Å². The summed E-state index contributed by atoms with van der Waals surface area (Å²) < 4.78 is 6.77. The van der Waals surface area contributed by atoms with Crippen molar-refractivity contribution < 1.29 is 19.1 Å². The normalized spacial score (nSPS) is 15.0. The average molecular weight is 566 g/mol. The number of ether oxygens (including phenoxy) is 1. The smallest absolute Gasteiger partial charge is 0.335 e. The van der Waals surface area contributed by atoms with Crippen molar-refractivity contribution >= 4 is 52.2 Å². The summed E-state index contributed by atoms with van der Waals surface area (Å²) in [6, 6.07) is 18.2. The van der Waals surface area contributed by atoms with Crippen LogP contribution in [0.25, 0.3) is 6.08 Å². The second kappa shape index (κ2) is 9.80. The summed E-state index contributed by atoms with van der Waals surface area (Å²) in [5, 5.41) is 2.27. The van der Waals surface area contributed by atoms with Gasteiger partial charge in [-0.05, 0) is 96.0 Å². The molecule has 0 aromatic heterocycles. The van der Waals surface area contributed by atoms with Gasteiger partial charge in [-0.3, -0.25) is 14.9 Å². The van der Waals surface area contributed by atoms with E-state index >= 15 is 0 Å². The maximum absolute atomic E-state index is 13.2. The zero-order valence-corrected chi connectivity index (χ0v) is 21.2. The van der Waals surface area contributed by atoms with E-state index < -0.39 is 17.8 Å². The molecule has 0 saturated carbocycles. The van der Waals surface area contributed by atoms with E-state index in [9.17, 15) is 14.4 Å². The zero-order valence-electron chi connectivity index (χ0n) is 19.0. The lowest BCUT2D eigenvalue weighted by molar-refractivity contribution is -0.122. The molecule has 1 fully saturated rings. The summed E-state index contributed by atoms with van der Waals surface area (Å²) in [6.45, 7) is 6.24. The first-order valence-electron chi connectivity index (χ1n) is 10.7. The van der Waals surface area contributed by atoms with Crippen molar-refractivity contribution in [3.05, 3.63) is 97.6 Å². The Hall–Kier alpha value is -3.46. The average Bonchev–Trinajstić information content (AvgIpc) is 2.76. The van der Waals surface area contributed by atoms with Gasteiger partial charge in [0, 0.05) is 0 Å². The van der Waals surface area contributed by atoms with E-state index in [2.05, 4.69) is 27.9 Å². The number of benzene rings is 3. The maximum Gasteiger partial charge on any atom is 0.335 e. The molecular weight excluding hydrogens is 543 g/mol. The Morgan fingerprint density at radius 1 is 0.882 bits per heavy atom. The van der Waals surface area contributed by atoms with Crippen LogP contribution in [0.15, 0.2) is 66.2 Å². The summed E-state index contributed by atoms with van der Waals surface area (Å²) in [4.78, 5) is 39.1. The molecule has 0 bridgehead atoms. The van der Waals surface area contributed by atoms with Gasteiger partial charge in [0.1, 0.15) is 17.9 Å². The van der Waals surface area contributed by atoms with Crippen molar-refractivity contribution in [3.8, 4) is 5.75 Å². The number of carbonyl (C=O) groups excluding carboxylic acids is 3. The Labute approximate surface area is 211 Å². The van der Waals surface area contributed by atoms with E-state index in [1.807, 2.05) is 57.2 Å². The van der Waals surface area contributed by atoms with Crippen LogP contribution < -0.4 is 15.0 Å². The number of hydrogen-bond acceptors (Lipinski definition) is 4. The zero-order chi connectivity index (χ0) is 24.4. The fourth-order valence-electron chi connectivity index (χ4n) is 3.71. The van der Waals surface area contributed by atoms with E-state index in [1.165, 1.54) is 11.6 Å². The minimum Gasteiger partial charge on any atom is -0.488 e. The quantitative estimate of drug-likeness (QED) is 0.253. The molecule has 4 rings (SSSR count). The van der Waals surface area contributed by atoms with Crippen molar-refractivity contribution in [1.29, 1.82) is 0 Å². The summed E-state index contributed by atoms with van der Waals surface area (Å²) >= 11 is 2.16. The minimum atomic E-state index is -0.758. The van der Waals surface area contributed by atoms with Crippen LogP contribution >= 0.6 is 22.6 Å². The van der Waals surface area contributed by atoms with Gasteiger partial charge in [0.15, 0.2) is 0 Å². The first-order chi connectivity index (χ1) is 16.2. The number of nitrogens with zero attached hydrogens (tertiary/aromatic N) is 1. The molecule has 34 heavy (non-hydrogen) atoms. The Balaban J connectivity index is 1.57. The standard InChI is InChI=1S/C27H23IN2O4/c1-16-4-6-19(7-5-16)15-34-24-9-8-20(14-23(24)28)13-22-25(31)29-27(33)30(26(22)32)21-11-17(2)10-18(3)12-21/h4-14H,15H2,1-3H3,(H,29,31,33)/b22-13+. The van der Waals surface area contributed by atoms with Gasteiger partial charge in [0.2, 0.25) is 0 Å². The van der Waals surface area contributed by atoms with Crippen LogP contribution in [0, 0.1) is 24.3 Å². The summed E-state index contributed by atoms with van der Waals surface area (Å²) in [6.07, 6.45) is 1.49. The highest BCUT2D eigenvalue weighted by atomic mass is 127. The summed E-state index contributed by atoms with van der Waals surface area (Å²) in [5.41, 5.74) is 5.04. The lowest BCUT2D eigenvalue weighted by atomic mass is 10.1. The molecule has 1 heterocycles. The van der Waals surface area contributed by atoms with Gasteiger partial charge >= 0.3 is 6.03 Å². The number of carbonyl (C=O) groups is 3. The maximum atomic E-state index is 13.2. The lowest BCUT2D eigenvalue weighted by Crippen LogP contribution is -2.54. The third-order valence-corrected chi connectivity index (χ3v) is 6.19. The fourth-order valence-corrected chi connectivity index (χ4v) is 4.40. The Morgan fingerprint density at radius 2 is 1.56 bits per heavy atom. The van der Waals surface area contributed by atoms with Crippen LogP contribution in [0.3, 0.4) is 0 Å². The third kappa shape index (κ3) is 5.20. The Bertz CT molecular complexity index is 1310. The van der Waals surface area contributed by atoms with E-state index in [-0.39, 0.29) is 5.57 Å². The van der Waals surface area contributed by atoms with Crippen molar-refractivity contribution in [1.82, 2.24) is 5.32 Å². The van der Waals surface area contributed by atoms with E-state index in [0.717, 1.165) is 25.2 Å². The molecule has 0 aliphatic carbocycles. The third-order valence-electron chi connectivity index (χ3n) is 5.35. The number of aryl methyl sites for hydroxylation is 3. The van der Waals surface area contributed by atoms with Crippen LogP contribution in [-0.4, -0.2) is 17.8 Å². The van der Waals surface area contributed by atoms with Crippen LogP contribution in [0.5, 0.6) is 5.75 Å². The lowest BCUT2D eigenvalue weighted by Gasteiger charge is -2.27. The number of rotatable bonds is 5. The van der Waals surface area contributed by atoms with Crippen molar-refractivity contribution in [3.63, 3.8) is 0 Å². The van der Waals surface area contributed by atoms with Gasteiger partial charge in [-0.1, -0.05) is 42.0 Å². The molecule has 0 spiro atoms. The number of urea groups is 1. The van der Waals surface area contributed by atoms with E-state index in [4.69, 9.17) is 4.74 Å². The predicted molar refractivity (Wildman–Crippen MR) is 140 cm³/mol. The largest absolute Gasteiger partial charge is 0.488 e. The molecule has 4 amide bonds. The molecule has 3 aromatic rings. The van der Waals surface area contributed by atoms with Crippen molar-refractivity contribution in [2.24, 2.45) is 0 Å². The second-order valence-corrected chi connectivity index (χ2v) is 9.43. The molecule has 1 N–H and O–H groups in total. The Kier molecular flexibility index (Phi) is 6.83.